The van der Waals surface area contributed by atoms with Gasteiger partial charge in [0, 0.05) is 0 Å². The van der Waals surface area contributed by atoms with Gasteiger partial charge in [-0.1, -0.05) is 18.2 Å². The summed E-state index contributed by atoms with van der Waals surface area (Å²) >= 11 is 0. The number of fused-ring (bicyclic) bond motifs is 2. The fraction of sp³-hybridized carbons (Fsp3) is 0. The average molecular weight is 202 g/mol. The molecule has 0 bridgehead atoms. The number of para-hydroxylation sites is 3. The molecule has 0 unspecified atom stereocenters. The molecule has 0 amide bonds. The minimum atomic E-state index is -0.415. The van der Waals surface area contributed by atoms with Crippen LogP contribution in [0.25, 0.3) is 0 Å². The maximum atomic E-state index is 13.4. The van der Waals surface area contributed by atoms with Crippen LogP contribution in [-0.4, -0.2) is 0 Å². The second-order valence-corrected chi connectivity index (χ2v) is 3.22. The van der Waals surface area contributed by atoms with Gasteiger partial charge in [0.05, 0.1) is 0 Å². The summed E-state index contributed by atoms with van der Waals surface area (Å²) in [7, 11) is 0. The Labute approximate surface area is 85.9 Å². The summed E-state index contributed by atoms with van der Waals surface area (Å²) in [6.45, 7) is 0. The van der Waals surface area contributed by atoms with Crippen LogP contribution in [0, 0.1) is 5.82 Å². The van der Waals surface area contributed by atoms with Crippen LogP contribution in [0.4, 0.5) is 4.39 Å². The lowest BCUT2D eigenvalue weighted by Gasteiger charge is -2.20. The van der Waals surface area contributed by atoms with Gasteiger partial charge >= 0.3 is 0 Å². The van der Waals surface area contributed by atoms with Crippen molar-refractivity contribution in [2.75, 3.05) is 0 Å². The zero-order valence-corrected chi connectivity index (χ0v) is 7.74. The highest BCUT2D eigenvalue weighted by molar-refractivity contribution is 5.54. The molecule has 0 fully saturated rings. The van der Waals surface area contributed by atoms with E-state index in [-0.39, 0.29) is 5.75 Å². The Morgan fingerprint density at radius 1 is 0.733 bits per heavy atom. The summed E-state index contributed by atoms with van der Waals surface area (Å²) in [6.07, 6.45) is 0. The molecule has 1 heterocycles. The minimum absolute atomic E-state index is 0.149. The van der Waals surface area contributed by atoms with Gasteiger partial charge in [-0.05, 0) is 24.3 Å². The standard InChI is InChI=1S/C12H7FO2/c13-8-4-3-7-11-12(8)15-10-6-2-1-5-9(10)14-11/h1-7H. The molecule has 0 spiro atoms. The lowest BCUT2D eigenvalue weighted by Crippen LogP contribution is -2.00. The van der Waals surface area contributed by atoms with Crippen LogP contribution in [0.1, 0.15) is 0 Å². The van der Waals surface area contributed by atoms with Crippen LogP contribution < -0.4 is 9.47 Å². The van der Waals surface area contributed by atoms with Crippen molar-refractivity contribution in [1.29, 1.82) is 0 Å². The lowest BCUT2D eigenvalue weighted by molar-refractivity contribution is 0.342. The van der Waals surface area contributed by atoms with Crippen LogP contribution in [0.2, 0.25) is 0 Å². The van der Waals surface area contributed by atoms with Crippen LogP contribution in [-0.2, 0) is 0 Å². The Morgan fingerprint density at radius 2 is 1.40 bits per heavy atom. The van der Waals surface area contributed by atoms with Gasteiger partial charge in [-0.25, -0.2) is 4.39 Å². The Morgan fingerprint density at radius 3 is 2.20 bits per heavy atom. The minimum Gasteiger partial charge on any atom is -0.449 e. The van der Waals surface area contributed by atoms with E-state index in [1.54, 1.807) is 24.3 Å². The van der Waals surface area contributed by atoms with Crippen molar-refractivity contribution in [1.82, 2.24) is 0 Å². The predicted molar refractivity (Wildman–Crippen MR) is 53.0 cm³/mol. The molecule has 0 aromatic heterocycles. The van der Waals surface area contributed by atoms with E-state index < -0.39 is 5.82 Å². The van der Waals surface area contributed by atoms with Gasteiger partial charge in [-0.2, -0.15) is 0 Å². The molecule has 2 aromatic carbocycles. The topological polar surface area (TPSA) is 18.5 Å². The van der Waals surface area contributed by atoms with E-state index in [9.17, 15) is 4.39 Å². The molecule has 0 aliphatic carbocycles. The summed E-state index contributed by atoms with van der Waals surface area (Å²) in [5.41, 5.74) is 0. The maximum absolute atomic E-state index is 13.4. The maximum Gasteiger partial charge on any atom is 0.205 e. The largest absolute Gasteiger partial charge is 0.449 e. The highest BCUT2D eigenvalue weighted by Gasteiger charge is 2.20. The first-order chi connectivity index (χ1) is 7.34. The van der Waals surface area contributed by atoms with E-state index in [1.165, 1.54) is 6.07 Å². The Bertz CT molecular complexity index is 523. The zero-order valence-electron chi connectivity index (χ0n) is 7.74. The summed E-state index contributed by atoms with van der Waals surface area (Å²) in [5, 5.41) is 0. The van der Waals surface area contributed by atoms with Crippen LogP contribution in [0.15, 0.2) is 42.5 Å². The molecule has 0 N–H and O–H groups in total. The van der Waals surface area contributed by atoms with Crippen molar-refractivity contribution in [3.05, 3.63) is 48.3 Å². The fourth-order valence-corrected chi connectivity index (χ4v) is 1.52. The van der Waals surface area contributed by atoms with E-state index in [4.69, 9.17) is 9.47 Å². The average Bonchev–Trinajstić information content (AvgIpc) is 2.27. The number of benzene rings is 2. The molecule has 3 heteroatoms. The third-order valence-corrected chi connectivity index (χ3v) is 2.21. The van der Waals surface area contributed by atoms with E-state index >= 15 is 0 Å². The van der Waals surface area contributed by atoms with E-state index in [1.807, 2.05) is 12.1 Å². The number of ether oxygens (including phenoxy) is 2. The van der Waals surface area contributed by atoms with Gasteiger partial charge in [0.2, 0.25) is 5.75 Å². The smallest absolute Gasteiger partial charge is 0.205 e. The molecule has 3 rings (SSSR count). The molecule has 15 heavy (non-hydrogen) atoms. The molecule has 0 saturated heterocycles. The van der Waals surface area contributed by atoms with Gasteiger partial charge in [0.15, 0.2) is 23.1 Å². The third kappa shape index (κ3) is 1.24. The number of halogens is 1. The monoisotopic (exact) mass is 202 g/mol. The van der Waals surface area contributed by atoms with E-state index in [0.29, 0.717) is 17.2 Å². The summed E-state index contributed by atoms with van der Waals surface area (Å²) in [4.78, 5) is 0. The van der Waals surface area contributed by atoms with Gasteiger partial charge < -0.3 is 9.47 Å². The quantitative estimate of drug-likeness (QED) is 0.553. The van der Waals surface area contributed by atoms with Gasteiger partial charge in [-0.15, -0.1) is 0 Å². The van der Waals surface area contributed by atoms with Crippen LogP contribution in [0.3, 0.4) is 0 Å². The molecular weight excluding hydrogens is 195 g/mol. The Hall–Kier alpha value is -2.03. The van der Waals surface area contributed by atoms with E-state index in [0.717, 1.165) is 0 Å². The molecule has 2 nitrogen and oxygen atoms in total. The Balaban J connectivity index is 2.15. The van der Waals surface area contributed by atoms with Crippen LogP contribution in [0.5, 0.6) is 23.0 Å². The third-order valence-electron chi connectivity index (χ3n) is 2.21. The fourth-order valence-electron chi connectivity index (χ4n) is 1.52. The first-order valence-corrected chi connectivity index (χ1v) is 4.58. The van der Waals surface area contributed by atoms with Crippen molar-refractivity contribution < 1.29 is 13.9 Å². The van der Waals surface area contributed by atoms with Crippen molar-refractivity contribution in [2.45, 2.75) is 0 Å². The second-order valence-electron chi connectivity index (χ2n) is 3.22. The number of hydrogen-bond acceptors (Lipinski definition) is 2. The first-order valence-electron chi connectivity index (χ1n) is 4.58. The van der Waals surface area contributed by atoms with Gasteiger partial charge in [0.25, 0.3) is 0 Å². The highest BCUT2D eigenvalue weighted by Crippen LogP contribution is 2.45. The molecule has 0 atom stereocenters. The second kappa shape index (κ2) is 2.98. The molecule has 2 aromatic rings. The highest BCUT2D eigenvalue weighted by atomic mass is 19.1. The van der Waals surface area contributed by atoms with Crippen molar-refractivity contribution in [3.8, 4) is 23.0 Å². The van der Waals surface area contributed by atoms with Crippen molar-refractivity contribution in [2.24, 2.45) is 0 Å². The zero-order chi connectivity index (χ0) is 10.3. The summed E-state index contributed by atoms with van der Waals surface area (Å²) in [6, 6.07) is 11.8. The molecule has 1 aliphatic heterocycles. The SMILES string of the molecule is Fc1cccc2c1Oc1ccccc1O2. The predicted octanol–water partition coefficient (Wildman–Crippen LogP) is 3.72. The molecule has 0 radical (unpaired) electrons. The van der Waals surface area contributed by atoms with Gasteiger partial charge in [0.1, 0.15) is 0 Å². The number of hydrogen-bond donors (Lipinski definition) is 0. The Kier molecular flexibility index (Phi) is 1.65. The number of rotatable bonds is 0. The summed E-state index contributed by atoms with van der Waals surface area (Å²) in [5.74, 6) is 1.29. The molecule has 1 aliphatic rings. The summed E-state index contributed by atoms with van der Waals surface area (Å²) < 4.78 is 24.3. The molecule has 74 valence electrons. The first kappa shape index (κ1) is 8.29. The lowest BCUT2D eigenvalue weighted by atomic mass is 10.2. The van der Waals surface area contributed by atoms with Gasteiger partial charge in [-0.3, -0.25) is 0 Å². The van der Waals surface area contributed by atoms with E-state index in [2.05, 4.69) is 0 Å². The molecule has 0 saturated carbocycles. The van der Waals surface area contributed by atoms with Crippen LogP contribution >= 0.6 is 0 Å². The van der Waals surface area contributed by atoms with Crippen molar-refractivity contribution in [3.63, 3.8) is 0 Å². The normalized spacial score (nSPS) is 12.1. The van der Waals surface area contributed by atoms with Crippen molar-refractivity contribution >= 4 is 0 Å². The molecular formula is C12H7FO2.